The molecule has 242 valence electrons. The quantitative estimate of drug-likeness (QED) is 0.145. The predicted molar refractivity (Wildman–Crippen MR) is 186 cm³/mol. The molecule has 1 aliphatic carbocycles. The number of aryl methyl sites for hydroxylation is 1. The van der Waals surface area contributed by atoms with E-state index in [1.807, 2.05) is 65.6 Å². The molecule has 6 rings (SSSR count). The first kappa shape index (κ1) is 32.5. The number of methoxy groups -OCH3 is 2. The van der Waals surface area contributed by atoms with Crippen LogP contribution >= 0.6 is 0 Å². The topological polar surface area (TPSA) is 72.9 Å². The number of ether oxygens (including phenoxy) is 2. The molecule has 0 fully saturated rings. The van der Waals surface area contributed by atoms with Gasteiger partial charge in [0, 0.05) is 6.54 Å². The molecule has 0 aliphatic heterocycles. The molecule has 0 radical (unpaired) electrons. The van der Waals surface area contributed by atoms with Crippen molar-refractivity contribution in [1.29, 1.82) is 0 Å². The first-order valence-electron chi connectivity index (χ1n) is 16.3. The first-order chi connectivity index (χ1) is 23.4. The lowest BCUT2D eigenvalue weighted by Crippen LogP contribution is -2.41. The number of amides is 1. The summed E-state index contributed by atoms with van der Waals surface area (Å²) in [5.41, 5.74) is 8.28. The van der Waals surface area contributed by atoms with E-state index in [-0.39, 0.29) is 24.3 Å². The zero-order valence-corrected chi connectivity index (χ0v) is 27.3. The van der Waals surface area contributed by atoms with Gasteiger partial charge in [-0.15, -0.1) is 0 Å². The lowest BCUT2D eigenvalue weighted by Gasteiger charge is -2.42. The van der Waals surface area contributed by atoms with Crippen LogP contribution < -0.4 is 0 Å². The summed E-state index contributed by atoms with van der Waals surface area (Å²) in [6.07, 6.45) is 3.00. The van der Waals surface area contributed by atoms with Gasteiger partial charge in [-0.3, -0.25) is 4.79 Å². The van der Waals surface area contributed by atoms with E-state index in [1.165, 1.54) is 30.9 Å². The summed E-state index contributed by atoms with van der Waals surface area (Å²) in [5.74, 6) is -0.549. The van der Waals surface area contributed by atoms with Gasteiger partial charge < -0.3 is 14.4 Å². The second-order valence-electron chi connectivity index (χ2n) is 12.3. The van der Waals surface area contributed by atoms with E-state index in [2.05, 4.69) is 48.5 Å². The van der Waals surface area contributed by atoms with Crippen LogP contribution in [0.3, 0.4) is 0 Å². The van der Waals surface area contributed by atoms with Crippen LogP contribution in [-0.2, 0) is 40.1 Å². The summed E-state index contributed by atoms with van der Waals surface area (Å²) in [4.78, 5) is 41.0. The van der Waals surface area contributed by atoms with Crippen LogP contribution in [0.2, 0.25) is 0 Å². The molecule has 6 heteroatoms. The average Bonchev–Trinajstić information content (AvgIpc) is 3.14. The first-order valence-corrected chi connectivity index (χ1v) is 16.3. The van der Waals surface area contributed by atoms with E-state index in [0.717, 1.165) is 41.5 Å². The number of carbonyl (C=O) groups excluding carboxylic acids is 3. The molecule has 1 aliphatic rings. The minimum absolute atomic E-state index is 0.0206. The van der Waals surface area contributed by atoms with Crippen LogP contribution in [0.25, 0.3) is 11.1 Å². The number of nitrogens with zero attached hydrogens (tertiary/aromatic N) is 1. The molecule has 0 bridgehead atoms. The van der Waals surface area contributed by atoms with Crippen LogP contribution in [0, 0.1) is 5.92 Å². The Hall–Kier alpha value is -5.49. The molecule has 1 amide bonds. The highest BCUT2D eigenvalue weighted by molar-refractivity contribution is 5.91. The van der Waals surface area contributed by atoms with E-state index >= 15 is 0 Å². The lowest BCUT2D eigenvalue weighted by molar-refractivity contribution is -0.135. The van der Waals surface area contributed by atoms with Gasteiger partial charge in [-0.2, -0.15) is 0 Å². The highest BCUT2D eigenvalue weighted by Gasteiger charge is 2.36. The number of hydrogen-bond donors (Lipinski definition) is 0. The van der Waals surface area contributed by atoms with Gasteiger partial charge in [0.15, 0.2) is 0 Å². The lowest BCUT2D eigenvalue weighted by atomic mass is 9.76. The molecule has 48 heavy (non-hydrogen) atoms. The van der Waals surface area contributed by atoms with Crippen LogP contribution in [0.15, 0.2) is 127 Å². The molecule has 0 heterocycles. The molecule has 0 saturated heterocycles. The average molecular weight is 638 g/mol. The molecular formula is C42H39NO5. The van der Waals surface area contributed by atoms with Gasteiger partial charge in [0.25, 0.3) is 0 Å². The maximum absolute atomic E-state index is 14.7. The fourth-order valence-corrected chi connectivity index (χ4v) is 6.84. The van der Waals surface area contributed by atoms with E-state index in [0.29, 0.717) is 17.7 Å². The summed E-state index contributed by atoms with van der Waals surface area (Å²) >= 11 is 0. The number of benzene rings is 5. The number of rotatable bonds is 10. The van der Waals surface area contributed by atoms with Crippen molar-refractivity contribution in [3.63, 3.8) is 0 Å². The van der Waals surface area contributed by atoms with Gasteiger partial charge in [0.2, 0.25) is 5.91 Å². The molecule has 6 nitrogen and oxygen atoms in total. The third-order valence-corrected chi connectivity index (χ3v) is 9.23. The van der Waals surface area contributed by atoms with E-state index in [9.17, 15) is 14.4 Å². The summed E-state index contributed by atoms with van der Waals surface area (Å²) < 4.78 is 9.83. The largest absolute Gasteiger partial charge is 0.465 e. The van der Waals surface area contributed by atoms with Crippen molar-refractivity contribution < 1.29 is 23.9 Å². The predicted octanol–water partition coefficient (Wildman–Crippen LogP) is 8.04. The summed E-state index contributed by atoms with van der Waals surface area (Å²) in [7, 11) is 2.74. The van der Waals surface area contributed by atoms with Crippen molar-refractivity contribution in [3.05, 3.63) is 166 Å². The van der Waals surface area contributed by atoms with Gasteiger partial charge in [-0.05, 0) is 88.4 Å². The maximum atomic E-state index is 14.7. The molecule has 0 saturated carbocycles. The summed E-state index contributed by atoms with van der Waals surface area (Å²) in [6.45, 7) is 0.394. The van der Waals surface area contributed by atoms with Crippen molar-refractivity contribution in [3.8, 4) is 11.1 Å². The molecule has 2 atom stereocenters. The zero-order chi connectivity index (χ0) is 33.5. The van der Waals surface area contributed by atoms with Crippen molar-refractivity contribution in [1.82, 2.24) is 4.90 Å². The fourth-order valence-electron chi connectivity index (χ4n) is 6.84. The Kier molecular flexibility index (Phi) is 10.1. The molecule has 0 aromatic heterocycles. The van der Waals surface area contributed by atoms with Crippen LogP contribution in [-0.4, -0.2) is 37.0 Å². The molecule has 5 aromatic carbocycles. The van der Waals surface area contributed by atoms with Crippen LogP contribution in [0.4, 0.5) is 0 Å². The Morgan fingerprint density at radius 3 is 2.04 bits per heavy atom. The highest BCUT2D eigenvalue weighted by atomic mass is 16.5. The maximum Gasteiger partial charge on any atom is 0.337 e. The normalized spacial score (nSPS) is 15.2. The second-order valence-corrected chi connectivity index (χ2v) is 12.3. The van der Waals surface area contributed by atoms with Crippen molar-refractivity contribution in [2.24, 2.45) is 5.92 Å². The summed E-state index contributed by atoms with van der Waals surface area (Å²) in [5, 5.41) is 0. The van der Waals surface area contributed by atoms with Gasteiger partial charge in [0.05, 0.1) is 37.8 Å². The second kappa shape index (κ2) is 14.9. The monoisotopic (exact) mass is 637 g/mol. The Bertz CT molecular complexity index is 1900. The van der Waals surface area contributed by atoms with E-state index in [4.69, 9.17) is 9.47 Å². The Morgan fingerprint density at radius 2 is 1.29 bits per heavy atom. The van der Waals surface area contributed by atoms with E-state index < -0.39 is 11.9 Å². The molecule has 0 N–H and O–H groups in total. The molecule has 0 spiro atoms. The van der Waals surface area contributed by atoms with E-state index in [1.54, 1.807) is 18.2 Å². The van der Waals surface area contributed by atoms with Gasteiger partial charge in [0.1, 0.15) is 0 Å². The zero-order valence-electron chi connectivity index (χ0n) is 27.3. The molecule has 0 unspecified atom stereocenters. The fraction of sp³-hybridized carbons (Fsp3) is 0.214. The smallest absolute Gasteiger partial charge is 0.337 e. The van der Waals surface area contributed by atoms with Crippen LogP contribution in [0.1, 0.15) is 61.0 Å². The van der Waals surface area contributed by atoms with Gasteiger partial charge in [-0.1, -0.05) is 103 Å². The number of esters is 2. The Morgan fingerprint density at radius 1 is 0.646 bits per heavy atom. The highest BCUT2D eigenvalue weighted by Crippen LogP contribution is 2.41. The molecular weight excluding hydrogens is 598 g/mol. The van der Waals surface area contributed by atoms with Gasteiger partial charge >= 0.3 is 11.9 Å². The minimum atomic E-state index is -0.393. The number of carbonyl (C=O) groups is 3. The van der Waals surface area contributed by atoms with Gasteiger partial charge in [-0.25, -0.2) is 9.59 Å². The van der Waals surface area contributed by atoms with Crippen molar-refractivity contribution >= 4 is 17.8 Å². The third kappa shape index (κ3) is 7.39. The standard InChI is InChI=1S/C42H39NO5/c1-47-41(45)33-20-18-30(19-21-33)28-43(40-36(24-29-10-4-3-5-11-29)23-22-32-13-6-7-17-38(32)40)39(44)26-31-12-8-14-34(25-31)35-15-9-16-37(27-35)42(46)48-2/h3-21,25,27,36,40H,22-24,26,28H2,1-2H3/t36-,40-/m0/s1. The molecule has 5 aromatic rings. The van der Waals surface area contributed by atoms with Crippen molar-refractivity contribution in [2.75, 3.05) is 14.2 Å². The Labute approximate surface area is 282 Å². The van der Waals surface area contributed by atoms with Crippen molar-refractivity contribution in [2.45, 2.75) is 38.3 Å². The Balaban J connectivity index is 1.36. The minimum Gasteiger partial charge on any atom is -0.465 e. The number of fused-ring (bicyclic) bond motifs is 1. The third-order valence-electron chi connectivity index (χ3n) is 9.23. The SMILES string of the molecule is COC(=O)c1ccc(CN(C(=O)Cc2cccc(-c3cccc(C(=O)OC)c3)c2)[C@@H]2c3ccccc3CC[C@H]2Cc2ccccc2)cc1. The summed E-state index contributed by atoms with van der Waals surface area (Å²) in [6, 6.07) is 41.4. The number of hydrogen-bond acceptors (Lipinski definition) is 5. The van der Waals surface area contributed by atoms with Crippen LogP contribution in [0.5, 0.6) is 0 Å².